The minimum atomic E-state index is -1.40. The highest BCUT2D eigenvalue weighted by Crippen LogP contribution is 2.31. The summed E-state index contributed by atoms with van der Waals surface area (Å²) in [4.78, 5) is 11.8. The van der Waals surface area contributed by atoms with Gasteiger partial charge in [0.05, 0.1) is 6.61 Å². The lowest BCUT2D eigenvalue weighted by Gasteiger charge is -2.42. The molecule has 1 saturated heterocycles. The van der Waals surface area contributed by atoms with Gasteiger partial charge in [0.2, 0.25) is 10.7 Å². The number of hydrogen-bond acceptors (Lipinski definition) is 7. The lowest BCUT2D eigenvalue weighted by atomic mass is 9.96. The van der Waals surface area contributed by atoms with Crippen molar-refractivity contribution >= 4 is 18.1 Å². The summed E-state index contributed by atoms with van der Waals surface area (Å²) in [6.07, 6.45) is -4.94. The Balaban J connectivity index is 1.89. The molecule has 1 fully saturated rings. The van der Waals surface area contributed by atoms with Gasteiger partial charge in [-0.15, -0.1) is 5.10 Å². The van der Waals surface area contributed by atoms with Gasteiger partial charge in [0.25, 0.3) is 0 Å². The van der Waals surface area contributed by atoms with E-state index in [-0.39, 0.29) is 4.77 Å². The third-order valence-electron chi connectivity index (χ3n) is 5.36. The van der Waals surface area contributed by atoms with Crippen LogP contribution in [-0.4, -0.2) is 66.5 Å². The van der Waals surface area contributed by atoms with Gasteiger partial charge in [-0.3, -0.25) is 9.36 Å². The van der Waals surface area contributed by atoms with Gasteiger partial charge in [-0.05, 0) is 24.4 Å². The molecular formula is C22H24N4O5S. The van der Waals surface area contributed by atoms with Gasteiger partial charge in [-0.2, -0.15) is 0 Å². The van der Waals surface area contributed by atoms with Crippen LogP contribution < -0.4 is 5.32 Å². The highest BCUT2D eigenvalue weighted by atomic mass is 32.1. The van der Waals surface area contributed by atoms with Crippen LogP contribution in [0.4, 0.5) is 0 Å². The summed E-state index contributed by atoms with van der Waals surface area (Å²) in [5, 5.41) is 38.0. The Morgan fingerprint density at radius 3 is 2.31 bits per heavy atom. The number of para-hydroxylation sites is 1. The molecule has 1 aliphatic heterocycles. The van der Waals surface area contributed by atoms with Gasteiger partial charge in [0.1, 0.15) is 24.4 Å². The Morgan fingerprint density at radius 1 is 1.09 bits per heavy atom. The maximum atomic E-state index is 11.8. The summed E-state index contributed by atoms with van der Waals surface area (Å²) in [7, 11) is 0. The van der Waals surface area contributed by atoms with Crippen molar-refractivity contribution in [2.24, 2.45) is 0 Å². The summed E-state index contributed by atoms with van der Waals surface area (Å²) in [5.41, 5.74) is 1.57. The highest BCUT2D eigenvalue weighted by molar-refractivity contribution is 7.71. The summed E-state index contributed by atoms with van der Waals surface area (Å²) in [6, 6.07) is 17.8. The first-order valence-electron chi connectivity index (χ1n) is 10.1. The van der Waals surface area contributed by atoms with Gasteiger partial charge in [-0.25, -0.2) is 4.68 Å². The molecule has 2 aromatic carbocycles. The van der Waals surface area contributed by atoms with E-state index in [1.54, 1.807) is 4.57 Å². The van der Waals surface area contributed by atoms with E-state index in [9.17, 15) is 20.1 Å². The molecule has 9 nitrogen and oxygen atoms in total. The number of carbonyl (C=O) groups excluding carboxylic acids is 1. The molecule has 10 heteroatoms. The molecule has 1 amide bonds. The molecule has 4 N–H and O–H groups in total. The van der Waals surface area contributed by atoms with E-state index >= 15 is 0 Å². The number of aliphatic hydroxyl groups is 3. The van der Waals surface area contributed by atoms with E-state index < -0.39 is 43.1 Å². The Labute approximate surface area is 189 Å². The zero-order valence-electron chi connectivity index (χ0n) is 17.3. The van der Waals surface area contributed by atoms with Crippen LogP contribution in [0, 0.1) is 4.77 Å². The molecule has 0 saturated carbocycles. The molecule has 0 radical (unpaired) electrons. The predicted molar refractivity (Wildman–Crippen MR) is 118 cm³/mol. The van der Waals surface area contributed by atoms with Crippen LogP contribution >= 0.6 is 12.2 Å². The molecule has 5 atom stereocenters. The van der Waals surface area contributed by atoms with Crippen molar-refractivity contribution in [1.82, 2.24) is 19.7 Å². The molecule has 3 aromatic rings. The Morgan fingerprint density at radius 2 is 1.72 bits per heavy atom. The average Bonchev–Trinajstić information content (AvgIpc) is 3.15. The SMILES string of the molecule is CC(=O)N[C@H]1[C@H](O)[C@H](O)[C@H](CO)O[C@@H]1n1nc(-c2ccccc2)n(-c2ccccc2)c1=S. The fourth-order valence-corrected chi connectivity index (χ4v) is 4.17. The normalized spacial score (nSPS) is 25.4. The molecule has 1 aliphatic rings. The fourth-order valence-electron chi connectivity index (χ4n) is 3.83. The van der Waals surface area contributed by atoms with Crippen LogP contribution in [0.25, 0.3) is 17.1 Å². The van der Waals surface area contributed by atoms with Crippen molar-refractivity contribution in [3.63, 3.8) is 0 Å². The monoisotopic (exact) mass is 456 g/mol. The number of carbonyl (C=O) groups is 1. The van der Waals surface area contributed by atoms with E-state index in [4.69, 9.17) is 22.1 Å². The third kappa shape index (κ3) is 4.10. The summed E-state index contributed by atoms with van der Waals surface area (Å²) in [5.74, 6) is 0.114. The molecule has 168 valence electrons. The van der Waals surface area contributed by atoms with Crippen molar-refractivity contribution in [3.05, 3.63) is 65.4 Å². The smallest absolute Gasteiger partial charge is 0.217 e. The number of rotatable bonds is 5. The van der Waals surface area contributed by atoms with Crippen LogP contribution in [-0.2, 0) is 9.53 Å². The van der Waals surface area contributed by atoms with E-state index in [2.05, 4.69) is 5.32 Å². The lowest BCUT2D eigenvalue weighted by Crippen LogP contribution is -2.62. The molecular weight excluding hydrogens is 432 g/mol. The van der Waals surface area contributed by atoms with Crippen LogP contribution in [0.2, 0.25) is 0 Å². The molecule has 0 bridgehead atoms. The molecule has 0 spiro atoms. The highest BCUT2D eigenvalue weighted by Gasteiger charge is 2.46. The first-order chi connectivity index (χ1) is 15.4. The van der Waals surface area contributed by atoms with Gasteiger partial charge in [0, 0.05) is 18.2 Å². The van der Waals surface area contributed by atoms with Crippen LogP contribution in [0.3, 0.4) is 0 Å². The number of nitrogens with one attached hydrogen (secondary N) is 1. The number of aromatic nitrogens is 3. The molecule has 0 aliphatic carbocycles. The first kappa shape index (κ1) is 22.3. The van der Waals surface area contributed by atoms with Crippen molar-refractivity contribution in [3.8, 4) is 17.1 Å². The summed E-state index contributed by atoms with van der Waals surface area (Å²) in [6.45, 7) is 0.769. The minimum absolute atomic E-state index is 0.260. The molecule has 4 rings (SSSR count). The molecule has 0 unspecified atom stereocenters. The summed E-state index contributed by atoms with van der Waals surface area (Å²) < 4.78 is 9.30. The molecule has 2 heterocycles. The van der Waals surface area contributed by atoms with Gasteiger partial charge >= 0.3 is 0 Å². The maximum Gasteiger partial charge on any atom is 0.217 e. The van der Waals surface area contributed by atoms with E-state index in [0.29, 0.717) is 5.82 Å². The lowest BCUT2D eigenvalue weighted by molar-refractivity contribution is -0.219. The van der Waals surface area contributed by atoms with Crippen LogP contribution in [0.5, 0.6) is 0 Å². The van der Waals surface area contributed by atoms with Crippen molar-refractivity contribution in [2.75, 3.05) is 6.61 Å². The van der Waals surface area contributed by atoms with E-state index in [1.807, 2.05) is 60.7 Å². The zero-order chi connectivity index (χ0) is 22.8. The topological polar surface area (TPSA) is 122 Å². The quantitative estimate of drug-likeness (QED) is 0.426. The molecule has 1 aromatic heterocycles. The summed E-state index contributed by atoms with van der Waals surface area (Å²) >= 11 is 5.75. The van der Waals surface area contributed by atoms with E-state index in [1.165, 1.54) is 11.6 Å². The van der Waals surface area contributed by atoms with Gasteiger partial charge < -0.3 is 25.4 Å². The average molecular weight is 457 g/mol. The Bertz CT molecular complexity index is 1130. The Hall–Kier alpha value is -2.89. The first-order valence-corrected chi connectivity index (χ1v) is 10.5. The van der Waals surface area contributed by atoms with E-state index in [0.717, 1.165) is 11.3 Å². The number of ether oxygens (including phenoxy) is 1. The van der Waals surface area contributed by atoms with Crippen LogP contribution in [0.1, 0.15) is 13.2 Å². The standard InChI is InChI=1S/C22H24N4O5S/c1-13(28)23-17-19(30)18(29)16(12-27)31-21(17)26-22(32)25(15-10-6-3-7-11-15)20(24-26)14-8-4-2-5-9-14/h2-11,16-19,21,27,29-30H,12H2,1H3,(H,23,28)/t16-,17-,18+,19-,21-/m0/s1. The number of benzene rings is 2. The number of aliphatic hydroxyl groups excluding tert-OH is 3. The number of nitrogens with zero attached hydrogens (tertiary/aromatic N) is 3. The number of hydrogen-bond donors (Lipinski definition) is 4. The number of amides is 1. The van der Waals surface area contributed by atoms with Crippen molar-refractivity contribution < 1.29 is 24.9 Å². The van der Waals surface area contributed by atoms with Crippen molar-refractivity contribution in [1.29, 1.82) is 0 Å². The zero-order valence-corrected chi connectivity index (χ0v) is 18.1. The second kappa shape index (κ2) is 9.31. The largest absolute Gasteiger partial charge is 0.394 e. The fraction of sp³-hybridized carbons (Fsp3) is 0.318. The second-order valence-electron chi connectivity index (χ2n) is 7.54. The second-order valence-corrected chi connectivity index (χ2v) is 7.91. The van der Waals surface area contributed by atoms with Gasteiger partial charge in [0.15, 0.2) is 12.1 Å². The van der Waals surface area contributed by atoms with Gasteiger partial charge in [-0.1, -0.05) is 48.5 Å². The minimum Gasteiger partial charge on any atom is -0.394 e. The molecule has 32 heavy (non-hydrogen) atoms. The van der Waals surface area contributed by atoms with Crippen molar-refractivity contribution in [2.45, 2.75) is 37.5 Å². The maximum absolute atomic E-state index is 11.8. The van der Waals surface area contributed by atoms with Crippen LogP contribution in [0.15, 0.2) is 60.7 Å². The Kier molecular flexibility index (Phi) is 6.49. The third-order valence-corrected chi connectivity index (χ3v) is 5.73. The predicted octanol–water partition coefficient (Wildman–Crippen LogP) is 1.19.